The van der Waals surface area contributed by atoms with E-state index in [9.17, 15) is 25.2 Å². The number of amides is 1. The molecule has 0 saturated carbocycles. The Morgan fingerprint density at radius 1 is 1.30 bits per heavy atom. The monoisotopic (exact) mass is 475 g/mol. The third-order valence-electron chi connectivity index (χ3n) is 7.36. The van der Waals surface area contributed by atoms with E-state index in [1.807, 2.05) is 20.8 Å². The fraction of sp³-hybridized carbons (Fsp3) is 0.870. The zero-order valence-electron chi connectivity index (χ0n) is 20.5. The van der Waals surface area contributed by atoms with Crippen molar-refractivity contribution in [3.63, 3.8) is 0 Å². The predicted molar refractivity (Wildman–Crippen MR) is 119 cm³/mol. The molecule has 1 amide bonds. The molecule has 192 valence electrons. The van der Waals surface area contributed by atoms with E-state index in [-0.39, 0.29) is 37.9 Å². The first-order chi connectivity index (χ1) is 15.3. The average molecular weight is 476 g/mol. The second-order valence-corrected chi connectivity index (χ2v) is 9.83. The van der Waals surface area contributed by atoms with E-state index in [1.165, 1.54) is 14.2 Å². The number of ether oxygens (including phenoxy) is 4. The molecule has 33 heavy (non-hydrogen) atoms. The van der Waals surface area contributed by atoms with Crippen LogP contribution < -0.4 is 5.32 Å². The van der Waals surface area contributed by atoms with Gasteiger partial charge in [-0.2, -0.15) is 0 Å². The fourth-order valence-electron chi connectivity index (χ4n) is 4.41. The summed E-state index contributed by atoms with van der Waals surface area (Å²) < 4.78 is 22.5. The van der Waals surface area contributed by atoms with Gasteiger partial charge in [0.25, 0.3) is 5.91 Å². The van der Waals surface area contributed by atoms with Crippen LogP contribution in [-0.4, -0.2) is 95.8 Å². The molecule has 0 aromatic heterocycles. The maximum atomic E-state index is 12.8. The Labute approximate surface area is 195 Å². The van der Waals surface area contributed by atoms with Crippen LogP contribution in [0.2, 0.25) is 0 Å². The Kier molecular flexibility index (Phi) is 9.45. The summed E-state index contributed by atoms with van der Waals surface area (Å²) in [5, 5.41) is 44.0. The molecule has 5 N–H and O–H groups in total. The van der Waals surface area contributed by atoms with E-state index in [4.69, 9.17) is 18.9 Å². The number of hydrogen-bond acceptors (Lipinski definition) is 9. The normalized spacial score (nSPS) is 37.3. The number of hydrogen-bond donors (Lipinski definition) is 5. The molecule has 0 aromatic carbocycles. The van der Waals surface area contributed by atoms with Crippen molar-refractivity contribution in [3.05, 3.63) is 12.2 Å². The molecule has 0 aromatic rings. The lowest BCUT2D eigenvalue weighted by Gasteiger charge is -2.48. The first kappa shape index (κ1) is 28.1. The first-order valence-corrected chi connectivity index (χ1v) is 11.4. The highest BCUT2D eigenvalue weighted by Gasteiger charge is 2.51. The number of methoxy groups -OCH3 is 2. The molecule has 1 unspecified atom stereocenters. The maximum Gasteiger partial charge on any atom is 0.256 e. The van der Waals surface area contributed by atoms with Gasteiger partial charge in [0.2, 0.25) is 5.79 Å². The molecule has 10 nitrogen and oxygen atoms in total. The van der Waals surface area contributed by atoms with E-state index >= 15 is 0 Å². The van der Waals surface area contributed by atoms with Crippen molar-refractivity contribution in [1.29, 1.82) is 0 Å². The number of nitrogens with one attached hydrogen (secondary N) is 1. The van der Waals surface area contributed by atoms with Crippen molar-refractivity contribution in [1.82, 2.24) is 5.32 Å². The number of aliphatic hydroxyl groups excluding tert-OH is 4. The molecule has 10 heteroatoms. The molecule has 0 spiro atoms. The fourth-order valence-corrected chi connectivity index (χ4v) is 4.41. The van der Waals surface area contributed by atoms with E-state index in [0.717, 1.165) is 5.57 Å². The molecule has 2 aliphatic rings. The molecular formula is C23H41NO9. The topological polar surface area (TPSA) is 147 Å². The van der Waals surface area contributed by atoms with Crippen molar-refractivity contribution in [2.75, 3.05) is 20.8 Å². The summed E-state index contributed by atoms with van der Waals surface area (Å²) in [6, 6.07) is 0. The quantitative estimate of drug-likeness (QED) is 0.231. The highest BCUT2D eigenvalue weighted by atomic mass is 16.7. The van der Waals surface area contributed by atoms with Gasteiger partial charge in [0.05, 0.1) is 31.0 Å². The van der Waals surface area contributed by atoms with E-state index < -0.39 is 53.9 Å². The van der Waals surface area contributed by atoms with Gasteiger partial charge in [-0.15, -0.1) is 0 Å². The summed E-state index contributed by atoms with van der Waals surface area (Å²) in [6.45, 7) is 11.2. The molecule has 0 bridgehead atoms. The Morgan fingerprint density at radius 2 is 1.94 bits per heavy atom. The maximum absolute atomic E-state index is 12.8. The van der Waals surface area contributed by atoms with Gasteiger partial charge in [0.15, 0.2) is 12.3 Å². The molecule has 2 rings (SSSR count). The summed E-state index contributed by atoms with van der Waals surface area (Å²) >= 11 is 0. The third-order valence-corrected chi connectivity index (χ3v) is 7.36. The van der Waals surface area contributed by atoms with E-state index in [1.54, 1.807) is 6.92 Å². The van der Waals surface area contributed by atoms with Gasteiger partial charge < -0.3 is 44.7 Å². The van der Waals surface area contributed by atoms with Gasteiger partial charge in [0, 0.05) is 44.8 Å². The summed E-state index contributed by atoms with van der Waals surface area (Å²) in [6.07, 6.45) is -5.95. The number of carbonyl (C=O) groups is 1. The second kappa shape index (κ2) is 11.1. The molecule has 2 heterocycles. The van der Waals surface area contributed by atoms with Crippen LogP contribution in [0, 0.1) is 11.3 Å². The zero-order chi connectivity index (χ0) is 25.1. The van der Waals surface area contributed by atoms with Crippen LogP contribution in [0.4, 0.5) is 0 Å². The van der Waals surface area contributed by atoms with Gasteiger partial charge >= 0.3 is 0 Å². The van der Waals surface area contributed by atoms with Gasteiger partial charge in [-0.05, 0) is 6.92 Å². The minimum absolute atomic E-state index is 0.0291. The first-order valence-electron chi connectivity index (χ1n) is 11.4. The lowest BCUT2D eigenvalue weighted by atomic mass is 9.74. The summed E-state index contributed by atoms with van der Waals surface area (Å²) in [7, 11) is 2.81. The van der Waals surface area contributed by atoms with Crippen molar-refractivity contribution in [2.45, 2.75) is 95.6 Å². The Hall–Kier alpha value is -1.11. The Bertz CT molecular complexity index is 683. The van der Waals surface area contributed by atoms with Crippen molar-refractivity contribution < 1.29 is 44.2 Å². The van der Waals surface area contributed by atoms with E-state index in [2.05, 4.69) is 11.9 Å². The van der Waals surface area contributed by atoms with Crippen LogP contribution >= 0.6 is 0 Å². The summed E-state index contributed by atoms with van der Waals surface area (Å²) in [5.41, 5.74) is 0.109. The molecule has 0 radical (unpaired) electrons. The number of rotatable bonds is 9. The van der Waals surface area contributed by atoms with Crippen molar-refractivity contribution in [2.24, 2.45) is 11.3 Å². The molecular weight excluding hydrogens is 434 g/mol. The minimum atomic E-state index is -1.74. The minimum Gasteiger partial charge on any atom is -0.394 e. The van der Waals surface area contributed by atoms with Gasteiger partial charge in [-0.1, -0.05) is 32.9 Å². The highest BCUT2D eigenvalue weighted by molar-refractivity contribution is 5.82. The Balaban J connectivity index is 2.10. The average Bonchev–Trinajstić information content (AvgIpc) is 2.77. The van der Waals surface area contributed by atoms with Crippen LogP contribution in [0.25, 0.3) is 0 Å². The largest absolute Gasteiger partial charge is 0.394 e. The highest BCUT2D eigenvalue weighted by Crippen LogP contribution is 2.40. The van der Waals surface area contributed by atoms with Gasteiger partial charge in [-0.3, -0.25) is 4.79 Å². The van der Waals surface area contributed by atoms with E-state index in [0.29, 0.717) is 0 Å². The summed E-state index contributed by atoms with van der Waals surface area (Å²) in [4.78, 5) is 12.8. The lowest BCUT2D eigenvalue weighted by molar-refractivity contribution is -0.298. The third kappa shape index (κ3) is 5.94. The molecule has 2 saturated heterocycles. The van der Waals surface area contributed by atoms with Crippen LogP contribution in [0.1, 0.15) is 47.0 Å². The van der Waals surface area contributed by atoms with Crippen molar-refractivity contribution in [3.8, 4) is 0 Å². The predicted octanol–water partition coefficient (Wildman–Crippen LogP) is 0.0677. The van der Waals surface area contributed by atoms with Gasteiger partial charge in [-0.25, -0.2) is 0 Å². The standard InChI is InChI=1S/C23H41NO9/c1-12-10-23(31-7,33-14(3)13(12)2)19(27)21(29)24-20(28)16-9-17(26)22(4,5)18(32-16)8-15(11-25)30-6/h13-20,25-28H,1,8-11H2,2-7H3,(H,24,29)/t13-,14-,15+,16?,17-,18-,19-,20+,23-/m1/s1. The van der Waals surface area contributed by atoms with Crippen molar-refractivity contribution >= 4 is 5.91 Å². The van der Waals surface area contributed by atoms with Crippen LogP contribution in [0.3, 0.4) is 0 Å². The zero-order valence-corrected chi connectivity index (χ0v) is 20.5. The Morgan fingerprint density at radius 3 is 2.45 bits per heavy atom. The van der Waals surface area contributed by atoms with Crippen LogP contribution in [0.15, 0.2) is 12.2 Å². The van der Waals surface area contributed by atoms with Crippen LogP contribution in [-0.2, 0) is 23.7 Å². The lowest BCUT2D eigenvalue weighted by Crippen LogP contribution is -2.62. The van der Waals surface area contributed by atoms with Crippen LogP contribution in [0.5, 0.6) is 0 Å². The number of carbonyl (C=O) groups excluding carboxylic acids is 1. The summed E-state index contributed by atoms with van der Waals surface area (Å²) in [5.74, 6) is -2.50. The second-order valence-electron chi connectivity index (χ2n) is 9.83. The SMILES string of the molecule is C=C1C[C@](OC)([C@H](O)C(=O)N[C@@H](O)C2C[C@@H](O)C(C)(C)[C@@H](C[C@@H](CO)OC)O2)O[C@H](C)[C@@H]1C. The number of aliphatic hydroxyl groups is 4. The smallest absolute Gasteiger partial charge is 0.256 e. The molecule has 2 fully saturated rings. The molecule has 9 atom stereocenters. The van der Waals surface area contributed by atoms with Gasteiger partial charge in [0.1, 0.15) is 6.10 Å². The molecule has 2 aliphatic heterocycles. The molecule has 0 aliphatic carbocycles.